The molecule has 5 heteroatoms. The Labute approximate surface area is 164 Å². The van der Waals surface area contributed by atoms with E-state index < -0.39 is 0 Å². The second kappa shape index (κ2) is 20.3. The number of unbranched alkanes of at least 4 members (excludes halogenated alkanes) is 8. The lowest BCUT2D eigenvalue weighted by Crippen LogP contribution is -2.11. The summed E-state index contributed by atoms with van der Waals surface area (Å²) in [6.45, 7) is 3.00. The van der Waals surface area contributed by atoms with Crippen molar-refractivity contribution in [3.63, 3.8) is 0 Å². The Morgan fingerprint density at radius 1 is 0.731 bits per heavy atom. The Bertz CT molecular complexity index is 369. The Hall–Kier alpha value is -1.03. The molecule has 0 spiro atoms. The smallest absolute Gasteiger partial charge is 0.306 e. The van der Waals surface area contributed by atoms with E-state index in [1.807, 2.05) is 6.08 Å². The van der Waals surface area contributed by atoms with Gasteiger partial charge in [-0.05, 0) is 32.1 Å². The summed E-state index contributed by atoms with van der Waals surface area (Å²) in [5.41, 5.74) is 0. The maximum absolute atomic E-state index is 11.6. The number of rotatable bonds is 18. The number of alkyl halides is 1. The monoisotopic (exact) mass is 388 g/mol. The third-order valence-corrected chi connectivity index (χ3v) is 4.28. The van der Waals surface area contributed by atoms with E-state index in [2.05, 4.69) is 13.0 Å². The standard InChI is InChI=1S/C21H37ClO4/c1-2-3-4-5-7-10-13-18-25-20(23)15-16-21(24)26-19-14-11-8-6-9-12-17-22/h7,10H,2-6,8-9,11-19H2,1H3/b10-7+. The summed E-state index contributed by atoms with van der Waals surface area (Å²) < 4.78 is 10.2. The Kier molecular flexibility index (Phi) is 19.5. The first-order valence-electron chi connectivity index (χ1n) is 10.2. The second-order valence-electron chi connectivity index (χ2n) is 6.51. The van der Waals surface area contributed by atoms with Crippen LogP contribution in [-0.2, 0) is 19.1 Å². The number of carbonyl (C=O) groups excluding carboxylic acids is 2. The van der Waals surface area contributed by atoms with Crippen LogP contribution in [0.1, 0.15) is 90.4 Å². The zero-order valence-electron chi connectivity index (χ0n) is 16.5. The number of hydrogen-bond donors (Lipinski definition) is 0. The highest BCUT2D eigenvalue weighted by Gasteiger charge is 2.08. The average molecular weight is 389 g/mol. The van der Waals surface area contributed by atoms with E-state index in [1.54, 1.807) is 0 Å². The van der Waals surface area contributed by atoms with Gasteiger partial charge in [0.1, 0.15) is 0 Å². The number of carbonyl (C=O) groups is 2. The van der Waals surface area contributed by atoms with E-state index in [0.29, 0.717) is 13.2 Å². The Morgan fingerprint density at radius 2 is 1.31 bits per heavy atom. The minimum Gasteiger partial charge on any atom is -0.466 e. The van der Waals surface area contributed by atoms with Gasteiger partial charge in [0.25, 0.3) is 0 Å². The molecule has 0 aliphatic carbocycles. The first-order chi connectivity index (χ1) is 12.7. The molecule has 0 unspecified atom stereocenters. The maximum Gasteiger partial charge on any atom is 0.306 e. The molecule has 4 nitrogen and oxygen atoms in total. The van der Waals surface area contributed by atoms with Crippen LogP contribution in [0.4, 0.5) is 0 Å². The SMILES string of the molecule is CCCCC/C=C/CCOC(=O)CCC(=O)OCCCCCCCCCl. The molecule has 0 aliphatic heterocycles. The predicted molar refractivity (Wildman–Crippen MR) is 107 cm³/mol. The van der Waals surface area contributed by atoms with Crippen molar-refractivity contribution in [3.8, 4) is 0 Å². The van der Waals surface area contributed by atoms with Crippen molar-refractivity contribution in [3.05, 3.63) is 12.2 Å². The van der Waals surface area contributed by atoms with Gasteiger partial charge in [0.05, 0.1) is 26.1 Å². The molecule has 0 atom stereocenters. The van der Waals surface area contributed by atoms with E-state index in [0.717, 1.165) is 44.4 Å². The van der Waals surface area contributed by atoms with E-state index in [9.17, 15) is 9.59 Å². The molecule has 26 heavy (non-hydrogen) atoms. The molecule has 0 saturated heterocycles. The van der Waals surface area contributed by atoms with Gasteiger partial charge in [0, 0.05) is 5.88 Å². The van der Waals surface area contributed by atoms with Gasteiger partial charge in [-0.15, -0.1) is 11.6 Å². The first-order valence-corrected chi connectivity index (χ1v) is 10.8. The Morgan fingerprint density at radius 3 is 1.96 bits per heavy atom. The Balaban J connectivity index is 3.40. The largest absolute Gasteiger partial charge is 0.466 e. The second-order valence-corrected chi connectivity index (χ2v) is 6.89. The highest BCUT2D eigenvalue weighted by atomic mass is 35.5. The van der Waals surface area contributed by atoms with Crippen LogP contribution < -0.4 is 0 Å². The van der Waals surface area contributed by atoms with Crippen LogP contribution in [0, 0.1) is 0 Å². The van der Waals surface area contributed by atoms with Crippen LogP contribution in [0.3, 0.4) is 0 Å². The van der Waals surface area contributed by atoms with Crippen molar-refractivity contribution in [2.24, 2.45) is 0 Å². The highest BCUT2D eigenvalue weighted by molar-refractivity contribution is 6.17. The lowest BCUT2D eigenvalue weighted by Gasteiger charge is -2.05. The third kappa shape index (κ3) is 19.3. The summed E-state index contributed by atoms with van der Waals surface area (Å²) in [5, 5.41) is 0. The summed E-state index contributed by atoms with van der Waals surface area (Å²) in [6.07, 6.45) is 16.4. The minimum atomic E-state index is -0.333. The van der Waals surface area contributed by atoms with Crippen LogP contribution in [0.2, 0.25) is 0 Å². The van der Waals surface area contributed by atoms with Crippen molar-refractivity contribution in [1.29, 1.82) is 0 Å². The summed E-state index contributed by atoms with van der Waals surface area (Å²) in [4.78, 5) is 23.1. The van der Waals surface area contributed by atoms with Crippen LogP contribution in [0.5, 0.6) is 0 Å². The lowest BCUT2D eigenvalue weighted by atomic mass is 10.1. The molecule has 152 valence electrons. The number of esters is 2. The number of allylic oxidation sites excluding steroid dienone is 1. The molecule has 0 aromatic carbocycles. The number of ether oxygens (including phenoxy) is 2. The fraction of sp³-hybridized carbons (Fsp3) is 0.810. The van der Waals surface area contributed by atoms with Gasteiger partial charge in [-0.3, -0.25) is 9.59 Å². The highest BCUT2D eigenvalue weighted by Crippen LogP contribution is 2.07. The zero-order valence-corrected chi connectivity index (χ0v) is 17.2. The van der Waals surface area contributed by atoms with Crippen molar-refractivity contribution < 1.29 is 19.1 Å². The normalized spacial score (nSPS) is 11.0. The van der Waals surface area contributed by atoms with Gasteiger partial charge < -0.3 is 9.47 Å². The molecule has 0 aromatic rings. The van der Waals surface area contributed by atoms with Crippen LogP contribution in [0.15, 0.2) is 12.2 Å². The summed E-state index contributed by atoms with van der Waals surface area (Å²) in [5.74, 6) is 0.0797. The third-order valence-electron chi connectivity index (χ3n) is 4.01. The van der Waals surface area contributed by atoms with Crippen LogP contribution in [0.25, 0.3) is 0 Å². The molecule has 0 aliphatic rings. The molecule has 0 amide bonds. The van der Waals surface area contributed by atoms with Crippen molar-refractivity contribution in [2.75, 3.05) is 19.1 Å². The van der Waals surface area contributed by atoms with E-state index in [-0.39, 0.29) is 24.8 Å². The van der Waals surface area contributed by atoms with Gasteiger partial charge in [-0.2, -0.15) is 0 Å². The maximum atomic E-state index is 11.6. The van der Waals surface area contributed by atoms with Gasteiger partial charge in [0.2, 0.25) is 0 Å². The number of hydrogen-bond acceptors (Lipinski definition) is 4. The topological polar surface area (TPSA) is 52.6 Å². The molecule has 0 heterocycles. The van der Waals surface area contributed by atoms with Gasteiger partial charge >= 0.3 is 11.9 Å². The van der Waals surface area contributed by atoms with Crippen molar-refractivity contribution in [1.82, 2.24) is 0 Å². The quantitative estimate of drug-likeness (QED) is 0.126. The molecule has 0 saturated carbocycles. The van der Waals surface area contributed by atoms with Crippen LogP contribution >= 0.6 is 11.6 Å². The molecule has 0 rings (SSSR count). The summed E-state index contributed by atoms with van der Waals surface area (Å²) in [6, 6.07) is 0. The fourth-order valence-corrected chi connectivity index (χ4v) is 2.62. The fourth-order valence-electron chi connectivity index (χ4n) is 2.43. The van der Waals surface area contributed by atoms with Gasteiger partial charge in [-0.1, -0.05) is 57.6 Å². The molecule has 0 aromatic heterocycles. The molecular formula is C21H37ClO4. The first kappa shape index (κ1) is 25.0. The minimum absolute atomic E-state index is 0.0947. The summed E-state index contributed by atoms with van der Waals surface area (Å²) >= 11 is 5.62. The summed E-state index contributed by atoms with van der Waals surface area (Å²) in [7, 11) is 0. The molecule has 0 radical (unpaired) electrons. The molecule has 0 N–H and O–H groups in total. The van der Waals surface area contributed by atoms with E-state index in [1.165, 1.54) is 32.1 Å². The molecular weight excluding hydrogens is 352 g/mol. The van der Waals surface area contributed by atoms with Gasteiger partial charge in [0.15, 0.2) is 0 Å². The predicted octanol–water partition coefficient (Wildman–Crippen LogP) is 5.96. The van der Waals surface area contributed by atoms with E-state index >= 15 is 0 Å². The number of halogens is 1. The average Bonchev–Trinajstić information content (AvgIpc) is 2.64. The van der Waals surface area contributed by atoms with Crippen LogP contribution in [-0.4, -0.2) is 31.0 Å². The molecule has 0 fully saturated rings. The van der Waals surface area contributed by atoms with Gasteiger partial charge in [-0.25, -0.2) is 0 Å². The van der Waals surface area contributed by atoms with Crippen molar-refractivity contribution in [2.45, 2.75) is 90.4 Å². The zero-order chi connectivity index (χ0) is 19.3. The van der Waals surface area contributed by atoms with Crippen molar-refractivity contribution >= 4 is 23.5 Å². The van der Waals surface area contributed by atoms with E-state index in [4.69, 9.17) is 21.1 Å². The molecule has 0 bridgehead atoms. The lowest BCUT2D eigenvalue weighted by molar-refractivity contribution is -0.150.